The van der Waals surface area contributed by atoms with E-state index in [4.69, 9.17) is 9.82 Å². The second-order valence-corrected chi connectivity index (χ2v) is 8.82. The first kappa shape index (κ1) is 18.0. The van der Waals surface area contributed by atoms with Crippen LogP contribution in [0.15, 0.2) is 11.4 Å². The Morgan fingerprint density at radius 3 is 2.71 bits per heavy atom. The van der Waals surface area contributed by atoms with E-state index < -0.39 is 0 Å². The second kappa shape index (κ2) is 7.05. The molecule has 3 heterocycles. The van der Waals surface area contributed by atoms with Gasteiger partial charge >= 0.3 is 0 Å². The van der Waals surface area contributed by atoms with Crippen molar-refractivity contribution in [3.63, 3.8) is 0 Å². The molecule has 0 unspecified atom stereocenters. The lowest BCUT2D eigenvalue weighted by Crippen LogP contribution is -2.26. The highest BCUT2D eigenvalue weighted by Gasteiger charge is 2.43. The van der Waals surface area contributed by atoms with Gasteiger partial charge in [-0.05, 0) is 52.4 Å². The first-order valence-electron chi connectivity index (χ1n) is 11.1. The largest absolute Gasteiger partial charge is 0.389 e. The molecule has 2 fully saturated rings. The Bertz CT molecular complexity index is 903. The van der Waals surface area contributed by atoms with E-state index in [1.807, 2.05) is 10.9 Å². The van der Waals surface area contributed by atoms with E-state index in [-0.39, 0.29) is 5.60 Å². The van der Waals surface area contributed by atoms with E-state index in [0.29, 0.717) is 6.04 Å². The Morgan fingerprint density at radius 1 is 1.18 bits per heavy atom. The molecule has 0 amide bonds. The number of pyridine rings is 1. The summed E-state index contributed by atoms with van der Waals surface area (Å²) in [5.74, 6) is 0. The second-order valence-electron chi connectivity index (χ2n) is 8.82. The molecule has 1 spiro atoms. The number of aryl methyl sites for hydroxylation is 2. The van der Waals surface area contributed by atoms with Gasteiger partial charge in [-0.25, -0.2) is 9.67 Å². The molecular weight excluding hydrogens is 350 g/mol. The Labute approximate surface area is 166 Å². The lowest BCUT2D eigenvalue weighted by atomic mass is 9.90. The fourth-order valence-electron chi connectivity index (χ4n) is 5.33. The van der Waals surface area contributed by atoms with Crippen LogP contribution in [-0.2, 0) is 11.4 Å². The zero-order chi connectivity index (χ0) is 19.1. The van der Waals surface area contributed by atoms with Gasteiger partial charge in [-0.2, -0.15) is 5.10 Å². The number of oxime groups is 1. The smallest absolute Gasteiger partial charge is 0.160 e. The first-order chi connectivity index (χ1) is 13.7. The summed E-state index contributed by atoms with van der Waals surface area (Å²) in [5.41, 5.74) is 5.32. The molecule has 0 radical (unpaired) electrons. The average Bonchev–Trinajstić information content (AvgIpc) is 3.43. The third-order valence-corrected chi connectivity index (χ3v) is 6.86. The van der Waals surface area contributed by atoms with E-state index in [0.717, 1.165) is 53.8 Å². The van der Waals surface area contributed by atoms with Crippen LogP contribution in [-0.4, -0.2) is 32.1 Å². The molecule has 1 N–H and O–H groups in total. The van der Waals surface area contributed by atoms with Crippen molar-refractivity contribution in [1.82, 2.24) is 14.8 Å². The van der Waals surface area contributed by atoms with Crippen molar-refractivity contribution in [2.45, 2.75) is 96.2 Å². The molecule has 0 saturated heterocycles. The number of anilines is 1. The van der Waals surface area contributed by atoms with E-state index in [1.54, 1.807) is 0 Å². The summed E-state index contributed by atoms with van der Waals surface area (Å²) in [6.45, 7) is 5.05. The van der Waals surface area contributed by atoms with Crippen molar-refractivity contribution in [2.75, 3.05) is 5.32 Å². The predicted molar refractivity (Wildman–Crippen MR) is 112 cm³/mol. The van der Waals surface area contributed by atoms with Crippen LogP contribution in [0.25, 0.3) is 11.0 Å². The third-order valence-electron chi connectivity index (χ3n) is 6.86. The molecule has 3 aliphatic rings. The molecule has 2 saturated carbocycles. The highest BCUT2D eigenvalue weighted by molar-refractivity contribution is 6.11. The molecule has 28 heavy (non-hydrogen) atoms. The lowest BCUT2D eigenvalue weighted by molar-refractivity contribution is -0.0126. The summed E-state index contributed by atoms with van der Waals surface area (Å²) in [4.78, 5) is 11.0. The summed E-state index contributed by atoms with van der Waals surface area (Å²) in [6.07, 6.45) is 14.0. The van der Waals surface area contributed by atoms with Crippen molar-refractivity contribution >= 4 is 22.4 Å². The summed E-state index contributed by atoms with van der Waals surface area (Å²) < 4.78 is 1.99. The van der Waals surface area contributed by atoms with Crippen LogP contribution in [0, 0.1) is 6.92 Å². The van der Waals surface area contributed by atoms with Crippen LogP contribution in [0.1, 0.15) is 82.4 Å². The fourth-order valence-corrected chi connectivity index (χ4v) is 5.33. The van der Waals surface area contributed by atoms with Gasteiger partial charge in [0.1, 0.15) is 5.60 Å². The standard InChI is InChI=1S/C22H31N5O/c1-3-27-21-17(14-23-27)20(25-16-9-5-4-6-10-16)19(15(2)24-21)18-13-22(28-26-18)11-7-8-12-22/h14,16H,3-13H2,1-2H3,(H,24,25). The zero-order valence-corrected chi connectivity index (χ0v) is 17.1. The topological polar surface area (TPSA) is 64.3 Å². The molecule has 0 aromatic carbocycles. The van der Waals surface area contributed by atoms with Crippen molar-refractivity contribution < 1.29 is 4.84 Å². The number of nitrogens with zero attached hydrogens (tertiary/aromatic N) is 4. The first-order valence-corrected chi connectivity index (χ1v) is 11.1. The van der Waals surface area contributed by atoms with Gasteiger partial charge < -0.3 is 10.2 Å². The quantitative estimate of drug-likeness (QED) is 0.814. The maximum absolute atomic E-state index is 6.02. The van der Waals surface area contributed by atoms with Gasteiger partial charge in [0.25, 0.3) is 0 Å². The fraction of sp³-hybridized carbons (Fsp3) is 0.682. The average molecular weight is 382 g/mol. The van der Waals surface area contributed by atoms with Gasteiger partial charge in [0, 0.05) is 24.6 Å². The molecule has 2 aromatic heterocycles. The monoisotopic (exact) mass is 381 g/mol. The van der Waals surface area contributed by atoms with Crippen molar-refractivity contribution in [3.05, 3.63) is 17.5 Å². The van der Waals surface area contributed by atoms with Crippen LogP contribution in [0.2, 0.25) is 0 Å². The minimum Gasteiger partial charge on any atom is -0.389 e. The third kappa shape index (κ3) is 2.97. The van der Waals surface area contributed by atoms with Crippen LogP contribution in [0.4, 0.5) is 5.69 Å². The molecule has 6 nitrogen and oxygen atoms in total. The summed E-state index contributed by atoms with van der Waals surface area (Å²) in [7, 11) is 0. The molecule has 5 rings (SSSR count). The zero-order valence-electron chi connectivity index (χ0n) is 17.1. The van der Waals surface area contributed by atoms with Gasteiger partial charge in [-0.3, -0.25) is 0 Å². The Kier molecular flexibility index (Phi) is 4.52. The number of hydrogen-bond donors (Lipinski definition) is 1. The molecular formula is C22H31N5O. The van der Waals surface area contributed by atoms with Gasteiger partial charge in [0.15, 0.2) is 5.65 Å². The van der Waals surface area contributed by atoms with Gasteiger partial charge in [-0.1, -0.05) is 24.4 Å². The molecule has 2 aliphatic carbocycles. The Hall–Kier alpha value is -2.11. The van der Waals surface area contributed by atoms with Gasteiger partial charge in [0.05, 0.1) is 28.7 Å². The minimum atomic E-state index is -0.0631. The molecule has 1 aliphatic heterocycles. The van der Waals surface area contributed by atoms with Gasteiger partial charge in [-0.15, -0.1) is 0 Å². The summed E-state index contributed by atoms with van der Waals surface area (Å²) in [5, 5.41) is 14.2. The summed E-state index contributed by atoms with van der Waals surface area (Å²) in [6, 6.07) is 0.519. The molecule has 0 atom stereocenters. The van der Waals surface area contributed by atoms with E-state index >= 15 is 0 Å². The SMILES string of the molecule is CCn1ncc2c(NC3CCCCC3)c(C3=NOC4(CCCC4)C3)c(C)nc21. The van der Waals surface area contributed by atoms with Crippen molar-refractivity contribution in [1.29, 1.82) is 0 Å². The number of nitrogens with one attached hydrogen (secondary N) is 1. The number of aromatic nitrogens is 3. The molecule has 150 valence electrons. The molecule has 6 heteroatoms. The van der Waals surface area contributed by atoms with Crippen molar-refractivity contribution in [2.24, 2.45) is 5.16 Å². The Balaban J connectivity index is 1.58. The van der Waals surface area contributed by atoms with Crippen LogP contribution >= 0.6 is 0 Å². The highest BCUT2D eigenvalue weighted by atomic mass is 16.7. The molecule has 2 aromatic rings. The summed E-state index contributed by atoms with van der Waals surface area (Å²) >= 11 is 0. The maximum atomic E-state index is 6.02. The maximum Gasteiger partial charge on any atom is 0.160 e. The minimum absolute atomic E-state index is 0.0631. The number of rotatable bonds is 4. The van der Waals surface area contributed by atoms with E-state index in [2.05, 4.69) is 29.4 Å². The predicted octanol–water partition coefficient (Wildman–Crippen LogP) is 4.94. The highest BCUT2D eigenvalue weighted by Crippen LogP contribution is 2.43. The van der Waals surface area contributed by atoms with Crippen LogP contribution < -0.4 is 5.32 Å². The number of hydrogen-bond acceptors (Lipinski definition) is 5. The van der Waals surface area contributed by atoms with E-state index in [9.17, 15) is 0 Å². The van der Waals surface area contributed by atoms with E-state index in [1.165, 1.54) is 50.6 Å². The lowest BCUT2D eigenvalue weighted by Gasteiger charge is -2.26. The van der Waals surface area contributed by atoms with Crippen LogP contribution in [0.5, 0.6) is 0 Å². The number of fused-ring (bicyclic) bond motifs is 1. The van der Waals surface area contributed by atoms with Gasteiger partial charge in [0.2, 0.25) is 0 Å². The molecule has 0 bridgehead atoms. The Morgan fingerprint density at radius 2 is 1.96 bits per heavy atom. The van der Waals surface area contributed by atoms with Crippen molar-refractivity contribution in [3.8, 4) is 0 Å². The van der Waals surface area contributed by atoms with Crippen LogP contribution in [0.3, 0.4) is 0 Å². The normalized spacial score (nSPS) is 22.0.